The van der Waals surface area contributed by atoms with E-state index in [9.17, 15) is 0 Å². The maximum atomic E-state index is 6.20. The van der Waals surface area contributed by atoms with Crippen molar-refractivity contribution in [1.82, 2.24) is 10.2 Å². The van der Waals surface area contributed by atoms with Crippen LogP contribution < -0.4 is 10.1 Å². The summed E-state index contributed by atoms with van der Waals surface area (Å²) in [6.07, 6.45) is 9.70. The van der Waals surface area contributed by atoms with Gasteiger partial charge in [-0.1, -0.05) is 11.6 Å². The van der Waals surface area contributed by atoms with Gasteiger partial charge in [0.15, 0.2) is 11.3 Å². The van der Waals surface area contributed by atoms with Crippen LogP contribution in [-0.4, -0.2) is 29.3 Å². The number of ether oxygens (including phenoxy) is 1. The Morgan fingerprint density at radius 3 is 3.05 bits per heavy atom. The molecule has 0 spiro atoms. The van der Waals surface area contributed by atoms with Gasteiger partial charge in [-0.05, 0) is 48.9 Å². The number of fused-ring (bicyclic) bond motifs is 2. The van der Waals surface area contributed by atoms with Crippen LogP contribution in [0.25, 0.3) is 0 Å². The molecule has 0 saturated carbocycles. The number of rotatable bonds is 3. The number of thiophene rings is 1. The van der Waals surface area contributed by atoms with E-state index in [-0.39, 0.29) is 6.23 Å². The van der Waals surface area contributed by atoms with Gasteiger partial charge in [-0.15, -0.1) is 11.3 Å². The standard InChI is InChI=1S/C15H17ClN2OS/c16-10-3-6-14(19-15-2-1-7-20-15)18(9-10)13-8-11-4-5-12(13)17-11/h1-3,6-7,9,11-14,17H,4-5,8H2/t11-,12+,13-,14?/m1/s1. The van der Waals surface area contributed by atoms with Crippen LogP contribution in [0.15, 0.2) is 40.9 Å². The van der Waals surface area contributed by atoms with Crippen LogP contribution >= 0.6 is 22.9 Å². The van der Waals surface area contributed by atoms with Crippen molar-refractivity contribution in [3.05, 3.63) is 40.9 Å². The number of halogens is 1. The zero-order valence-corrected chi connectivity index (χ0v) is 12.6. The van der Waals surface area contributed by atoms with Gasteiger partial charge in [0.1, 0.15) is 0 Å². The van der Waals surface area contributed by atoms with Crippen LogP contribution in [0.5, 0.6) is 5.06 Å². The van der Waals surface area contributed by atoms with Gasteiger partial charge in [-0.2, -0.15) is 0 Å². The average molecular weight is 309 g/mol. The SMILES string of the molecule is ClC1=CN([C@@H]2C[C@H]3CC[C@@H]2N3)C(Oc2cccs2)C=C1. The highest BCUT2D eigenvalue weighted by molar-refractivity contribution is 7.11. The fraction of sp³-hybridized carbons (Fsp3) is 0.467. The van der Waals surface area contributed by atoms with E-state index in [1.807, 2.05) is 35.9 Å². The van der Waals surface area contributed by atoms with Crippen molar-refractivity contribution in [1.29, 1.82) is 0 Å². The first-order valence-corrected chi connectivity index (χ1v) is 8.34. The highest BCUT2D eigenvalue weighted by Gasteiger charge is 2.43. The molecule has 1 unspecified atom stereocenters. The number of nitrogens with zero attached hydrogens (tertiary/aromatic N) is 1. The van der Waals surface area contributed by atoms with Crippen molar-refractivity contribution in [2.45, 2.75) is 43.6 Å². The van der Waals surface area contributed by atoms with Gasteiger partial charge < -0.3 is 15.0 Å². The Morgan fingerprint density at radius 1 is 1.40 bits per heavy atom. The zero-order valence-electron chi connectivity index (χ0n) is 11.0. The Morgan fingerprint density at radius 2 is 2.35 bits per heavy atom. The van der Waals surface area contributed by atoms with Gasteiger partial charge in [0.05, 0.1) is 5.03 Å². The molecule has 20 heavy (non-hydrogen) atoms. The summed E-state index contributed by atoms with van der Waals surface area (Å²) in [6.45, 7) is 0. The van der Waals surface area contributed by atoms with Crippen LogP contribution in [0.3, 0.4) is 0 Å². The summed E-state index contributed by atoms with van der Waals surface area (Å²) in [5, 5.41) is 7.44. The van der Waals surface area contributed by atoms with Crippen molar-refractivity contribution in [3.8, 4) is 5.06 Å². The molecular formula is C15H17ClN2OS. The second kappa shape index (κ2) is 5.10. The third-order valence-corrected chi connectivity index (χ3v) is 5.35. The molecule has 1 aromatic heterocycles. The smallest absolute Gasteiger partial charge is 0.193 e. The molecule has 5 heteroatoms. The largest absolute Gasteiger partial charge is 0.457 e. The summed E-state index contributed by atoms with van der Waals surface area (Å²) >= 11 is 7.82. The summed E-state index contributed by atoms with van der Waals surface area (Å²) in [5.41, 5.74) is 0. The van der Waals surface area contributed by atoms with Crippen LogP contribution in [-0.2, 0) is 0 Å². The summed E-state index contributed by atoms with van der Waals surface area (Å²) in [7, 11) is 0. The Labute approximate surface area is 127 Å². The van der Waals surface area contributed by atoms with Crippen molar-refractivity contribution < 1.29 is 4.74 Å². The minimum absolute atomic E-state index is 0.0534. The molecule has 4 heterocycles. The predicted octanol–water partition coefficient (Wildman–Crippen LogP) is 3.30. The van der Waals surface area contributed by atoms with E-state index in [0.29, 0.717) is 18.1 Å². The van der Waals surface area contributed by atoms with E-state index in [4.69, 9.17) is 16.3 Å². The first-order chi connectivity index (χ1) is 9.79. The molecule has 2 bridgehead atoms. The average Bonchev–Trinajstić information content (AvgIpc) is 3.17. The quantitative estimate of drug-likeness (QED) is 0.927. The van der Waals surface area contributed by atoms with Crippen molar-refractivity contribution in [2.24, 2.45) is 0 Å². The second-order valence-electron chi connectivity index (χ2n) is 5.61. The van der Waals surface area contributed by atoms with Crippen molar-refractivity contribution >= 4 is 22.9 Å². The predicted molar refractivity (Wildman–Crippen MR) is 82.0 cm³/mol. The number of allylic oxidation sites excluding steroid dienone is 2. The number of nitrogens with one attached hydrogen (secondary N) is 1. The maximum absolute atomic E-state index is 6.20. The van der Waals surface area contributed by atoms with Crippen molar-refractivity contribution in [2.75, 3.05) is 0 Å². The van der Waals surface area contributed by atoms with Crippen LogP contribution in [0.2, 0.25) is 0 Å². The lowest BCUT2D eigenvalue weighted by Gasteiger charge is -2.38. The molecule has 0 radical (unpaired) electrons. The molecule has 4 rings (SSSR count). The summed E-state index contributed by atoms with van der Waals surface area (Å²) < 4.78 is 6.10. The highest BCUT2D eigenvalue weighted by Crippen LogP contribution is 2.35. The van der Waals surface area contributed by atoms with E-state index < -0.39 is 0 Å². The molecule has 1 aromatic rings. The van der Waals surface area contributed by atoms with Gasteiger partial charge >= 0.3 is 0 Å². The van der Waals surface area contributed by atoms with Gasteiger partial charge in [-0.3, -0.25) is 0 Å². The molecule has 0 amide bonds. The fourth-order valence-corrected chi connectivity index (χ4v) is 4.28. The van der Waals surface area contributed by atoms with E-state index in [2.05, 4.69) is 10.2 Å². The second-order valence-corrected chi connectivity index (χ2v) is 6.96. The van der Waals surface area contributed by atoms with Crippen LogP contribution in [0.4, 0.5) is 0 Å². The van der Waals surface area contributed by atoms with E-state index in [1.54, 1.807) is 11.3 Å². The molecule has 106 valence electrons. The van der Waals surface area contributed by atoms with E-state index >= 15 is 0 Å². The van der Waals surface area contributed by atoms with Crippen LogP contribution in [0, 0.1) is 0 Å². The third-order valence-electron chi connectivity index (χ3n) is 4.37. The first-order valence-electron chi connectivity index (χ1n) is 7.09. The fourth-order valence-electron chi connectivity index (χ4n) is 3.49. The zero-order chi connectivity index (χ0) is 13.5. The minimum Gasteiger partial charge on any atom is -0.457 e. The number of hydrogen-bond acceptors (Lipinski definition) is 4. The molecule has 2 fully saturated rings. The summed E-state index contributed by atoms with van der Waals surface area (Å²) in [6, 6.07) is 5.75. The molecular weight excluding hydrogens is 292 g/mol. The lowest BCUT2D eigenvalue weighted by atomic mass is 9.94. The van der Waals surface area contributed by atoms with Crippen molar-refractivity contribution in [3.63, 3.8) is 0 Å². The lowest BCUT2D eigenvalue weighted by Crippen LogP contribution is -2.48. The Bertz CT molecular complexity index is 542. The lowest BCUT2D eigenvalue weighted by molar-refractivity contribution is 0.0602. The Hall–Kier alpha value is -0.970. The molecule has 4 atom stereocenters. The first kappa shape index (κ1) is 12.7. The Kier molecular flexibility index (Phi) is 3.25. The van der Waals surface area contributed by atoms with E-state index in [1.165, 1.54) is 19.3 Å². The molecule has 3 aliphatic heterocycles. The molecule has 1 N–H and O–H groups in total. The molecule has 0 aliphatic carbocycles. The van der Waals surface area contributed by atoms with Crippen LogP contribution in [0.1, 0.15) is 19.3 Å². The topological polar surface area (TPSA) is 24.5 Å². The normalized spacial score (nSPS) is 35.5. The van der Waals surface area contributed by atoms with Gasteiger partial charge in [0.25, 0.3) is 0 Å². The van der Waals surface area contributed by atoms with E-state index in [0.717, 1.165) is 10.1 Å². The van der Waals surface area contributed by atoms with Gasteiger partial charge in [0.2, 0.25) is 0 Å². The number of hydrogen-bond donors (Lipinski definition) is 1. The molecule has 2 saturated heterocycles. The minimum atomic E-state index is -0.0534. The summed E-state index contributed by atoms with van der Waals surface area (Å²) in [5.74, 6) is 0. The maximum Gasteiger partial charge on any atom is 0.193 e. The molecule has 3 aliphatic rings. The summed E-state index contributed by atoms with van der Waals surface area (Å²) in [4.78, 5) is 2.29. The monoisotopic (exact) mass is 308 g/mol. The van der Waals surface area contributed by atoms with Gasteiger partial charge in [-0.25, -0.2) is 0 Å². The van der Waals surface area contributed by atoms with Gasteiger partial charge in [0, 0.05) is 24.3 Å². The molecule has 0 aromatic carbocycles. The highest BCUT2D eigenvalue weighted by atomic mass is 35.5. The molecule has 3 nitrogen and oxygen atoms in total. The third kappa shape index (κ3) is 2.26. The Balaban J connectivity index is 1.56.